The van der Waals surface area contributed by atoms with Gasteiger partial charge in [0.1, 0.15) is 0 Å². The molecule has 1 aliphatic heterocycles. The number of nitrogens with zero attached hydrogens (tertiary/aromatic N) is 2. The van der Waals surface area contributed by atoms with Gasteiger partial charge in [0.05, 0.1) is 6.67 Å². The average Bonchev–Trinajstić information content (AvgIpc) is 2.58. The van der Waals surface area contributed by atoms with Crippen LogP contribution in [0, 0.1) is 0 Å². The highest BCUT2D eigenvalue weighted by atomic mass is 16.4. The number of hydrogen-bond donors (Lipinski definition) is 0. The van der Waals surface area contributed by atoms with E-state index in [0.29, 0.717) is 0 Å². The molecule has 94 valence electrons. The van der Waals surface area contributed by atoms with E-state index in [9.17, 15) is 0 Å². The van der Waals surface area contributed by atoms with Gasteiger partial charge in [-0.05, 0) is 13.3 Å². The Morgan fingerprint density at radius 3 is 2.38 bits per heavy atom. The molecule has 1 rings (SSSR count). The molecule has 0 aliphatic carbocycles. The van der Waals surface area contributed by atoms with Crippen LogP contribution in [0.25, 0.3) is 0 Å². The minimum absolute atomic E-state index is 0.972. The Labute approximate surface area is 98.5 Å². The number of carbonyl (C=O) groups excluding carboxylic acids is 1. The fourth-order valence-electron chi connectivity index (χ4n) is 1.48. The molecule has 0 fully saturated rings. The van der Waals surface area contributed by atoms with E-state index < -0.39 is 5.97 Å². The summed E-state index contributed by atoms with van der Waals surface area (Å²) < 4.78 is 0. The molecular weight excluding hydrogens is 204 g/mol. The maximum atomic E-state index is 8.89. The van der Waals surface area contributed by atoms with Crippen LogP contribution in [0.3, 0.4) is 0 Å². The Kier molecular flexibility index (Phi) is 8.39. The van der Waals surface area contributed by atoms with Gasteiger partial charge in [0.25, 0.3) is 0 Å². The first-order chi connectivity index (χ1) is 7.56. The third-order valence-corrected chi connectivity index (χ3v) is 2.24. The summed E-state index contributed by atoms with van der Waals surface area (Å²) in [6.45, 7) is 5.52. The lowest BCUT2D eigenvalue weighted by Gasteiger charge is -2.17. The number of rotatable bonds is 5. The normalized spacial score (nSPS) is 13.7. The summed E-state index contributed by atoms with van der Waals surface area (Å²) in [5.41, 5.74) is 0. The zero-order valence-corrected chi connectivity index (χ0v) is 10.6. The van der Waals surface area contributed by atoms with E-state index in [1.54, 1.807) is 0 Å². The molecule has 1 aliphatic rings. The van der Waals surface area contributed by atoms with Crippen molar-refractivity contribution in [3.63, 3.8) is 0 Å². The molecule has 0 amide bonds. The van der Waals surface area contributed by atoms with Gasteiger partial charge in [-0.15, -0.1) is 0 Å². The molecule has 16 heavy (non-hydrogen) atoms. The van der Waals surface area contributed by atoms with Crippen molar-refractivity contribution in [2.75, 3.05) is 20.3 Å². The van der Waals surface area contributed by atoms with Crippen molar-refractivity contribution in [3.8, 4) is 0 Å². The van der Waals surface area contributed by atoms with Gasteiger partial charge in [0.2, 0.25) is 0 Å². The van der Waals surface area contributed by atoms with Crippen molar-refractivity contribution in [2.24, 2.45) is 0 Å². The van der Waals surface area contributed by atoms with Crippen LogP contribution in [-0.2, 0) is 4.79 Å². The van der Waals surface area contributed by atoms with Crippen LogP contribution in [0.1, 0.15) is 39.5 Å². The molecule has 4 heteroatoms. The van der Waals surface area contributed by atoms with E-state index in [4.69, 9.17) is 9.90 Å². The van der Waals surface area contributed by atoms with Gasteiger partial charge < -0.3 is 19.7 Å². The minimum atomic E-state index is -1.08. The zero-order valence-electron chi connectivity index (χ0n) is 10.6. The van der Waals surface area contributed by atoms with Gasteiger partial charge >= 0.3 is 0 Å². The van der Waals surface area contributed by atoms with Gasteiger partial charge in [0, 0.05) is 32.0 Å². The lowest BCUT2D eigenvalue weighted by Crippen LogP contribution is -2.23. The van der Waals surface area contributed by atoms with Gasteiger partial charge in [-0.3, -0.25) is 0 Å². The summed E-state index contributed by atoms with van der Waals surface area (Å²) in [5, 5.41) is 8.89. The van der Waals surface area contributed by atoms with Gasteiger partial charge in [-0.25, -0.2) is 0 Å². The fraction of sp³-hybridized carbons (Fsp3) is 0.750. The first kappa shape index (κ1) is 14.8. The molecule has 0 bridgehead atoms. The molecule has 0 N–H and O–H groups in total. The van der Waals surface area contributed by atoms with E-state index in [2.05, 4.69) is 36.2 Å². The van der Waals surface area contributed by atoms with Gasteiger partial charge in [-0.1, -0.05) is 26.2 Å². The standard InChI is InChI=1S/C10H20N2.C2H4O2/c1-3-4-5-6-7-12-9-8-11(2)10-12;1-2(3)4/h8-9H,3-7,10H2,1-2H3;1H3,(H,3,4)/p-1. The number of carbonyl (C=O) groups is 1. The molecule has 0 atom stereocenters. The molecule has 4 nitrogen and oxygen atoms in total. The van der Waals surface area contributed by atoms with E-state index in [-0.39, 0.29) is 0 Å². The van der Waals surface area contributed by atoms with Crippen molar-refractivity contribution < 1.29 is 9.90 Å². The molecule has 0 unspecified atom stereocenters. The smallest absolute Gasteiger partial charge is 0.0890 e. The second kappa shape index (κ2) is 9.07. The van der Waals surface area contributed by atoms with Crippen LogP contribution in [-0.4, -0.2) is 36.0 Å². The number of carboxylic acids is 1. The SMILES string of the molecule is CC(=O)[O-].CCCCCCN1C=CN(C)C1. The molecule has 0 aromatic carbocycles. The highest BCUT2D eigenvalue weighted by molar-refractivity contribution is 5.60. The van der Waals surface area contributed by atoms with Crippen molar-refractivity contribution in [1.29, 1.82) is 0 Å². The second-order valence-corrected chi connectivity index (χ2v) is 4.06. The highest BCUT2D eigenvalue weighted by Gasteiger charge is 2.06. The quantitative estimate of drug-likeness (QED) is 0.657. The van der Waals surface area contributed by atoms with E-state index >= 15 is 0 Å². The summed E-state index contributed by atoms with van der Waals surface area (Å²) >= 11 is 0. The second-order valence-electron chi connectivity index (χ2n) is 4.06. The van der Waals surface area contributed by atoms with Crippen LogP contribution in [0.5, 0.6) is 0 Å². The number of hydrogen-bond acceptors (Lipinski definition) is 4. The first-order valence-corrected chi connectivity index (χ1v) is 5.86. The van der Waals surface area contributed by atoms with E-state index in [1.807, 2.05) is 0 Å². The van der Waals surface area contributed by atoms with Gasteiger partial charge in [0.15, 0.2) is 0 Å². The summed E-state index contributed by atoms with van der Waals surface area (Å²) in [6.07, 6.45) is 9.76. The molecule has 0 aromatic heterocycles. The third-order valence-electron chi connectivity index (χ3n) is 2.24. The van der Waals surface area contributed by atoms with Gasteiger partial charge in [-0.2, -0.15) is 0 Å². The first-order valence-electron chi connectivity index (χ1n) is 5.86. The predicted molar refractivity (Wildman–Crippen MR) is 63.3 cm³/mol. The number of carboxylic acid groups (broad SMARTS) is 1. The van der Waals surface area contributed by atoms with Crippen LogP contribution >= 0.6 is 0 Å². The molecule has 0 saturated carbocycles. The summed E-state index contributed by atoms with van der Waals surface area (Å²) in [6, 6.07) is 0. The summed E-state index contributed by atoms with van der Waals surface area (Å²) in [4.78, 5) is 13.5. The summed E-state index contributed by atoms with van der Waals surface area (Å²) in [5.74, 6) is -1.08. The Morgan fingerprint density at radius 1 is 1.31 bits per heavy atom. The van der Waals surface area contributed by atoms with Crippen molar-refractivity contribution in [3.05, 3.63) is 12.4 Å². The van der Waals surface area contributed by atoms with Crippen LogP contribution < -0.4 is 5.11 Å². The number of aliphatic carboxylic acids is 1. The predicted octanol–water partition coefficient (Wildman–Crippen LogP) is 0.999. The Hall–Kier alpha value is -1.19. The largest absolute Gasteiger partial charge is 0.550 e. The maximum absolute atomic E-state index is 8.89. The van der Waals surface area contributed by atoms with E-state index in [0.717, 1.165) is 13.6 Å². The molecule has 0 aromatic rings. The highest BCUT2D eigenvalue weighted by Crippen LogP contribution is 2.06. The molecule has 0 saturated heterocycles. The van der Waals surface area contributed by atoms with Crippen LogP contribution in [0.15, 0.2) is 12.4 Å². The topological polar surface area (TPSA) is 46.6 Å². The molecule has 1 heterocycles. The minimum Gasteiger partial charge on any atom is -0.550 e. The third kappa shape index (κ3) is 9.37. The number of unbranched alkanes of at least 4 members (excludes halogenated alkanes) is 3. The average molecular weight is 227 g/mol. The lowest BCUT2D eigenvalue weighted by molar-refractivity contribution is -0.302. The van der Waals surface area contributed by atoms with Crippen molar-refractivity contribution in [2.45, 2.75) is 39.5 Å². The van der Waals surface area contributed by atoms with Crippen LogP contribution in [0.4, 0.5) is 0 Å². The molecule has 0 radical (unpaired) electrons. The zero-order chi connectivity index (χ0) is 12.4. The maximum Gasteiger partial charge on any atom is 0.0890 e. The van der Waals surface area contributed by atoms with Crippen molar-refractivity contribution in [1.82, 2.24) is 9.80 Å². The van der Waals surface area contributed by atoms with Crippen LogP contribution in [0.2, 0.25) is 0 Å². The monoisotopic (exact) mass is 227 g/mol. The summed E-state index contributed by atoms with van der Waals surface area (Å²) in [7, 11) is 2.11. The molecular formula is C12H23N2O2-. The lowest BCUT2D eigenvalue weighted by atomic mass is 10.2. The molecule has 0 spiro atoms. The fourth-order valence-corrected chi connectivity index (χ4v) is 1.48. The Morgan fingerprint density at radius 2 is 1.94 bits per heavy atom. The Bertz CT molecular complexity index is 213. The Balaban J connectivity index is 0.000000487. The van der Waals surface area contributed by atoms with E-state index in [1.165, 1.54) is 32.2 Å². The van der Waals surface area contributed by atoms with Crippen molar-refractivity contribution >= 4 is 5.97 Å².